The Bertz CT molecular complexity index is 1890. The zero-order chi connectivity index (χ0) is 36.2. The highest BCUT2D eigenvalue weighted by atomic mass is 35.5. The van der Waals surface area contributed by atoms with Crippen molar-refractivity contribution in [3.05, 3.63) is 65.7 Å². The van der Waals surface area contributed by atoms with Crippen LogP contribution in [0.5, 0.6) is 17.2 Å². The zero-order valence-electron chi connectivity index (χ0n) is 29.7. The fourth-order valence-corrected chi connectivity index (χ4v) is 5.84. The fourth-order valence-electron chi connectivity index (χ4n) is 5.62. The van der Waals surface area contributed by atoms with Crippen LogP contribution in [-0.2, 0) is 14.4 Å². The summed E-state index contributed by atoms with van der Waals surface area (Å²) in [5, 5.41) is 13.0. The van der Waals surface area contributed by atoms with E-state index in [0.717, 1.165) is 5.69 Å². The molecule has 51 heavy (non-hydrogen) atoms. The Labute approximate surface area is 308 Å². The van der Waals surface area contributed by atoms with Gasteiger partial charge in [-0.15, -0.1) is 12.4 Å². The molecule has 0 saturated carbocycles. The number of rotatable bonds is 11. The lowest BCUT2D eigenvalue weighted by Gasteiger charge is -2.36. The number of anilines is 3. The van der Waals surface area contributed by atoms with Crippen LogP contribution in [0, 0.1) is 12.3 Å². The first-order chi connectivity index (χ1) is 23.8. The Morgan fingerprint density at radius 3 is 2.45 bits per heavy atom. The Balaban J connectivity index is 0.00000583. The summed E-state index contributed by atoms with van der Waals surface area (Å²) >= 11 is 6.57. The second kappa shape index (κ2) is 16.5. The van der Waals surface area contributed by atoms with Gasteiger partial charge in [0.05, 0.1) is 35.6 Å². The number of hydrogen-bond acceptors (Lipinski definition) is 10. The van der Waals surface area contributed by atoms with Crippen molar-refractivity contribution in [2.75, 3.05) is 31.3 Å². The maximum atomic E-state index is 13.9. The molecule has 272 valence electrons. The van der Waals surface area contributed by atoms with Crippen molar-refractivity contribution in [2.45, 2.75) is 65.6 Å². The van der Waals surface area contributed by atoms with Gasteiger partial charge in [0.15, 0.2) is 0 Å². The van der Waals surface area contributed by atoms with Gasteiger partial charge in [0.1, 0.15) is 41.5 Å². The van der Waals surface area contributed by atoms with Gasteiger partial charge in [0.25, 0.3) is 0 Å². The van der Waals surface area contributed by atoms with Crippen LogP contribution in [-0.4, -0.2) is 76.4 Å². The summed E-state index contributed by atoms with van der Waals surface area (Å²) in [6, 6.07) is 10.3. The van der Waals surface area contributed by atoms with Gasteiger partial charge < -0.3 is 35.6 Å². The molecule has 1 saturated heterocycles. The van der Waals surface area contributed by atoms with Crippen molar-refractivity contribution in [1.82, 2.24) is 30.5 Å². The summed E-state index contributed by atoms with van der Waals surface area (Å²) in [5.41, 5.74) is 1.90. The summed E-state index contributed by atoms with van der Waals surface area (Å²) in [4.78, 5) is 55.2. The first-order valence-electron chi connectivity index (χ1n) is 16.4. The highest BCUT2D eigenvalue weighted by Gasteiger charge is 2.42. The van der Waals surface area contributed by atoms with Crippen LogP contribution in [0.2, 0.25) is 5.02 Å². The minimum atomic E-state index is -0.825. The highest BCUT2D eigenvalue weighted by molar-refractivity contribution is 6.32. The van der Waals surface area contributed by atoms with Gasteiger partial charge in [-0.2, -0.15) is 0 Å². The van der Waals surface area contributed by atoms with Gasteiger partial charge in [-0.1, -0.05) is 32.4 Å². The molecule has 2 aromatic carbocycles. The number of nitrogens with zero attached hydrogens (tertiary/aromatic N) is 4. The van der Waals surface area contributed by atoms with Crippen molar-refractivity contribution in [1.29, 1.82) is 0 Å². The summed E-state index contributed by atoms with van der Waals surface area (Å²) in [7, 11) is 3.18. The lowest BCUT2D eigenvalue weighted by Crippen LogP contribution is -2.59. The fraction of sp³-hybridized carbons (Fsp3) is 0.389. The summed E-state index contributed by atoms with van der Waals surface area (Å²) in [6.45, 7) is 9.67. The molecule has 1 aliphatic heterocycles. The van der Waals surface area contributed by atoms with Crippen LogP contribution in [0.25, 0.3) is 10.9 Å². The third-order valence-electron chi connectivity index (χ3n) is 8.59. The third-order valence-corrected chi connectivity index (χ3v) is 8.88. The van der Waals surface area contributed by atoms with Gasteiger partial charge >= 0.3 is 0 Å². The molecule has 5 rings (SSSR count). The van der Waals surface area contributed by atoms with E-state index in [0.29, 0.717) is 69.8 Å². The maximum absolute atomic E-state index is 13.9. The normalized spacial score (nSPS) is 15.4. The van der Waals surface area contributed by atoms with E-state index < -0.39 is 23.5 Å². The molecule has 0 aliphatic carbocycles. The van der Waals surface area contributed by atoms with E-state index in [9.17, 15) is 14.4 Å². The molecule has 2 aromatic heterocycles. The van der Waals surface area contributed by atoms with Crippen molar-refractivity contribution < 1.29 is 23.9 Å². The molecular weight excluding hydrogens is 695 g/mol. The van der Waals surface area contributed by atoms with Gasteiger partial charge in [0.2, 0.25) is 17.7 Å². The van der Waals surface area contributed by atoms with Gasteiger partial charge in [-0.3, -0.25) is 19.4 Å². The largest absolute Gasteiger partial charge is 0.494 e. The van der Waals surface area contributed by atoms with Crippen LogP contribution < -0.4 is 30.7 Å². The van der Waals surface area contributed by atoms with E-state index in [1.54, 1.807) is 55.4 Å². The molecule has 13 nitrogen and oxygen atoms in total. The number of hydrogen-bond donors (Lipinski definition) is 4. The molecule has 3 amide bonds. The zero-order valence-corrected chi connectivity index (χ0v) is 31.2. The van der Waals surface area contributed by atoms with E-state index >= 15 is 0 Å². The molecule has 0 bridgehead atoms. The molecule has 15 heteroatoms. The number of fused-ring (bicyclic) bond motifs is 1. The number of aryl methyl sites for hydroxylation is 1. The number of likely N-dealkylation sites (tertiary alicyclic amines) is 1. The van der Waals surface area contributed by atoms with Gasteiger partial charge in [0, 0.05) is 29.4 Å². The smallest absolute Gasteiger partial charge is 0.247 e. The summed E-state index contributed by atoms with van der Waals surface area (Å²) < 4.78 is 11.5. The van der Waals surface area contributed by atoms with E-state index in [2.05, 4.69) is 36.2 Å². The number of ether oxygens (including phenoxy) is 2. The van der Waals surface area contributed by atoms with E-state index in [4.69, 9.17) is 21.1 Å². The average Bonchev–Trinajstić information content (AvgIpc) is 3.58. The third kappa shape index (κ3) is 9.15. The van der Waals surface area contributed by atoms with E-state index in [-0.39, 0.29) is 30.1 Å². The van der Waals surface area contributed by atoms with Crippen molar-refractivity contribution in [3.8, 4) is 17.2 Å². The number of amides is 3. The first-order valence-corrected chi connectivity index (χ1v) is 16.8. The highest BCUT2D eigenvalue weighted by Crippen LogP contribution is 2.36. The topological polar surface area (TPSA) is 160 Å². The van der Waals surface area contributed by atoms with Crippen molar-refractivity contribution in [3.63, 3.8) is 0 Å². The molecule has 0 spiro atoms. The number of methoxy groups -OCH3 is 1. The number of nitrogens with one attached hydrogen (secondary N) is 4. The van der Waals surface area contributed by atoms with Gasteiger partial charge in [-0.05, 0) is 75.5 Å². The lowest BCUT2D eigenvalue weighted by atomic mass is 9.85. The standard InChI is InChI=1S/C36H43ClN8O5.ClH/c1-20-10-12-23(18-39-20)50-29-13-11-22(15-25(29)37)42-32-24-16-27(30(49-7)17-26(24)40-19-41-32)43-34(47)28-9-8-14-45(28)35(48)31(36(3,4)5)44-33(46)21(2)38-6;/h10-13,15-19,21,28,31,38H,8-9,14H2,1-7H3,(H,43,47)(H,44,46)(H,40,41,42);1H/t21-,28-,31+;/m0./s1. The van der Waals surface area contributed by atoms with Crippen LogP contribution >= 0.6 is 24.0 Å². The molecule has 4 N–H and O–H groups in total. The molecule has 4 aromatic rings. The summed E-state index contributed by atoms with van der Waals surface area (Å²) in [5.74, 6) is 0.929. The Morgan fingerprint density at radius 1 is 1.04 bits per heavy atom. The average molecular weight is 740 g/mol. The number of carbonyl (C=O) groups is 3. The molecular formula is C36H44Cl2N8O5. The predicted molar refractivity (Wildman–Crippen MR) is 200 cm³/mol. The van der Waals surface area contributed by atoms with Crippen LogP contribution in [0.4, 0.5) is 17.2 Å². The quantitative estimate of drug-likeness (QED) is 0.143. The molecule has 3 heterocycles. The van der Waals surface area contributed by atoms with Crippen molar-refractivity contribution >= 4 is 69.8 Å². The molecule has 1 fully saturated rings. The number of likely N-dealkylation sites (N-methyl/N-ethyl adjacent to an activating group) is 1. The lowest BCUT2D eigenvalue weighted by molar-refractivity contribution is -0.143. The predicted octanol–water partition coefficient (Wildman–Crippen LogP) is 6.02. The second-order valence-corrected chi connectivity index (χ2v) is 13.7. The van der Waals surface area contributed by atoms with Gasteiger partial charge in [-0.25, -0.2) is 9.97 Å². The Morgan fingerprint density at radius 2 is 1.80 bits per heavy atom. The number of halogens is 2. The van der Waals surface area contributed by atoms with Crippen LogP contribution in [0.15, 0.2) is 55.0 Å². The summed E-state index contributed by atoms with van der Waals surface area (Å²) in [6.07, 6.45) is 4.18. The second-order valence-electron chi connectivity index (χ2n) is 13.3. The van der Waals surface area contributed by atoms with Crippen LogP contribution in [0.3, 0.4) is 0 Å². The van der Waals surface area contributed by atoms with Crippen LogP contribution in [0.1, 0.15) is 46.2 Å². The minimum Gasteiger partial charge on any atom is -0.494 e. The maximum Gasteiger partial charge on any atom is 0.247 e. The Kier molecular flexibility index (Phi) is 12.7. The van der Waals surface area contributed by atoms with Crippen molar-refractivity contribution in [2.24, 2.45) is 5.41 Å². The SMILES string of the molecule is CN[C@@H](C)C(=O)N[C@H](C(=O)N1CCC[C@H]1C(=O)Nc1cc2c(Nc3ccc(Oc4ccc(C)nc4)c(Cl)c3)ncnc2cc1OC)C(C)(C)C.Cl. The first kappa shape index (κ1) is 39.1. The monoisotopic (exact) mass is 738 g/mol. The number of aromatic nitrogens is 3. The Hall–Kier alpha value is -4.72. The number of carbonyl (C=O) groups excluding carboxylic acids is 3. The molecule has 1 aliphatic rings. The molecule has 0 radical (unpaired) electrons. The van der Waals surface area contributed by atoms with E-state index in [1.165, 1.54) is 13.4 Å². The molecule has 0 unspecified atom stereocenters. The van der Waals surface area contributed by atoms with E-state index in [1.807, 2.05) is 39.8 Å². The number of pyridine rings is 1. The minimum absolute atomic E-state index is 0. The molecule has 3 atom stereocenters. The number of benzene rings is 2.